The minimum absolute atomic E-state index is 0.0163. The van der Waals surface area contributed by atoms with Crippen molar-refractivity contribution in [1.29, 1.82) is 0 Å². The summed E-state index contributed by atoms with van der Waals surface area (Å²) in [5, 5.41) is 8.63. The van der Waals surface area contributed by atoms with Crippen LogP contribution in [-0.4, -0.2) is 81.5 Å². The summed E-state index contributed by atoms with van der Waals surface area (Å²) in [5.74, 6) is -0.947. The lowest BCUT2D eigenvalue weighted by molar-refractivity contribution is -0.141. The number of urea groups is 1. The Balaban J connectivity index is 1.28. The van der Waals surface area contributed by atoms with E-state index in [-0.39, 0.29) is 31.2 Å². The minimum Gasteiger partial charge on any atom is -0.444 e. The van der Waals surface area contributed by atoms with Gasteiger partial charge in [0.15, 0.2) is 5.69 Å². The number of nitrogens with zero attached hydrogens (tertiary/aromatic N) is 4. The molecule has 0 unspecified atom stereocenters. The Bertz CT molecular complexity index is 1160. The fourth-order valence-corrected chi connectivity index (χ4v) is 4.46. The first kappa shape index (κ1) is 26.3. The number of alkyl halides is 3. The van der Waals surface area contributed by atoms with E-state index >= 15 is 0 Å². The molecule has 2 saturated heterocycles. The highest BCUT2D eigenvalue weighted by molar-refractivity contribution is 5.95. The molecule has 2 bridgehead atoms. The third kappa shape index (κ3) is 5.97. The lowest BCUT2D eigenvalue weighted by Gasteiger charge is -2.35. The van der Waals surface area contributed by atoms with Crippen molar-refractivity contribution < 1.29 is 32.3 Å². The molecule has 2 fully saturated rings. The zero-order chi connectivity index (χ0) is 27.0. The SMILES string of the molecule is CC(C)(C)OC(=O)N1C[C@@H]2C[C@H]1CN2C(=O)NCCNC(=O)c1cn(-c2ccccc2)nc1C(F)(F)F. The number of likely N-dealkylation sites (tertiary alicyclic amines) is 2. The number of rotatable bonds is 5. The summed E-state index contributed by atoms with van der Waals surface area (Å²) in [6.07, 6.45) is -3.54. The van der Waals surface area contributed by atoms with E-state index in [1.165, 1.54) is 0 Å². The topological polar surface area (TPSA) is 109 Å². The van der Waals surface area contributed by atoms with Gasteiger partial charge in [0.25, 0.3) is 5.91 Å². The van der Waals surface area contributed by atoms with Gasteiger partial charge in [-0.1, -0.05) is 18.2 Å². The summed E-state index contributed by atoms with van der Waals surface area (Å²) in [5.41, 5.74) is -2.13. The van der Waals surface area contributed by atoms with Crippen LogP contribution in [0.3, 0.4) is 0 Å². The highest BCUT2D eigenvalue weighted by atomic mass is 19.4. The maximum Gasteiger partial charge on any atom is 0.435 e. The number of ether oxygens (including phenoxy) is 1. The number of halogens is 3. The summed E-state index contributed by atoms with van der Waals surface area (Å²) in [4.78, 5) is 40.7. The van der Waals surface area contributed by atoms with Gasteiger partial charge in [-0.2, -0.15) is 18.3 Å². The van der Waals surface area contributed by atoms with Crippen LogP contribution in [0.5, 0.6) is 0 Å². The zero-order valence-corrected chi connectivity index (χ0v) is 20.7. The molecule has 2 aliphatic heterocycles. The standard InChI is InChI=1S/C24H29F3N6O4/c1-23(2,3)37-22(36)32-13-16-11-17(32)12-31(16)21(35)29-10-9-28-20(34)18-14-33(15-7-5-4-6-8-15)30-19(18)24(25,26)27/h4-8,14,16-17H,9-13H2,1-3H3,(H,28,34)(H,29,35)/t16-,17-/m0/s1. The van der Waals surface area contributed by atoms with Crippen LogP contribution in [0.15, 0.2) is 36.5 Å². The van der Waals surface area contributed by atoms with Crippen molar-refractivity contribution in [2.75, 3.05) is 26.2 Å². The van der Waals surface area contributed by atoms with E-state index in [9.17, 15) is 27.6 Å². The molecule has 13 heteroatoms. The summed E-state index contributed by atoms with van der Waals surface area (Å²) in [7, 11) is 0. The van der Waals surface area contributed by atoms with Gasteiger partial charge in [-0.15, -0.1) is 0 Å². The van der Waals surface area contributed by atoms with Crippen LogP contribution in [0, 0.1) is 0 Å². The van der Waals surface area contributed by atoms with Gasteiger partial charge in [0.05, 0.1) is 23.3 Å². The quantitative estimate of drug-likeness (QED) is 0.587. The molecule has 3 heterocycles. The van der Waals surface area contributed by atoms with Crippen molar-refractivity contribution in [1.82, 2.24) is 30.2 Å². The highest BCUT2D eigenvalue weighted by Crippen LogP contribution is 2.32. The Morgan fingerprint density at radius 1 is 1.00 bits per heavy atom. The largest absolute Gasteiger partial charge is 0.444 e. The number of piperazine rings is 1. The van der Waals surface area contributed by atoms with E-state index in [0.717, 1.165) is 10.9 Å². The fourth-order valence-electron chi connectivity index (χ4n) is 4.46. The monoisotopic (exact) mass is 522 g/mol. The summed E-state index contributed by atoms with van der Waals surface area (Å²) >= 11 is 0. The lowest BCUT2D eigenvalue weighted by atomic mass is 10.2. The van der Waals surface area contributed by atoms with E-state index < -0.39 is 35.0 Å². The first-order valence-corrected chi connectivity index (χ1v) is 11.9. The second kappa shape index (κ2) is 9.94. The maximum atomic E-state index is 13.5. The first-order valence-electron chi connectivity index (χ1n) is 11.9. The van der Waals surface area contributed by atoms with Crippen molar-refractivity contribution in [3.63, 3.8) is 0 Å². The van der Waals surface area contributed by atoms with Crippen LogP contribution in [0.25, 0.3) is 5.69 Å². The molecule has 0 radical (unpaired) electrons. The first-order chi connectivity index (χ1) is 17.3. The van der Waals surface area contributed by atoms with Gasteiger partial charge in [-0.25, -0.2) is 14.3 Å². The molecule has 0 spiro atoms. The van der Waals surface area contributed by atoms with Crippen LogP contribution in [0.4, 0.5) is 22.8 Å². The van der Waals surface area contributed by atoms with Crippen LogP contribution in [-0.2, 0) is 10.9 Å². The second-order valence-corrected chi connectivity index (χ2v) is 9.99. The molecule has 4 rings (SSSR count). The molecule has 0 aliphatic carbocycles. The number of hydrogen-bond donors (Lipinski definition) is 2. The van der Waals surface area contributed by atoms with Gasteiger partial charge in [0, 0.05) is 32.4 Å². The Hall–Kier alpha value is -3.77. The molecule has 2 aliphatic rings. The average molecular weight is 523 g/mol. The number of para-hydroxylation sites is 1. The Morgan fingerprint density at radius 3 is 2.22 bits per heavy atom. The van der Waals surface area contributed by atoms with E-state index in [1.807, 2.05) is 0 Å². The Kier molecular flexibility index (Phi) is 7.07. The fraction of sp³-hybridized carbons (Fsp3) is 0.500. The maximum absolute atomic E-state index is 13.5. The predicted octanol–water partition coefficient (Wildman–Crippen LogP) is 3.02. The number of hydrogen-bond acceptors (Lipinski definition) is 5. The number of nitrogens with one attached hydrogen (secondary N) is 2. The molecule has 2 atom stereocenters. The van der Waals surface area contributed by atoms with E-state index in [0.29, 0.717) is 25.2 Å². The highest BCUT2D eigenvalue weighted by Gasteiger charge is 2.48. The van der Waals surface area contributed by atoms with Crippen LogP contribution >= 0.6 is 0 Å². The van der Waals surface area contributed by atoms with Gasteiger partial charge in [-0.05, 0) is 39.3 Å². The molecule has 37 heavy (non-hydrogen) atoms. The number of aromatic nitrogens is 2. The minimum atomic E-state index is -4.82. The van der Waals surface area contributed by atoms with Crippen LogP contribution in [0.2, 0.25) is 0 Å². The summed E-state index contributed by atoms with van der Waals surface area (Å²) in [6.45, 7) is 6.03. The van der Waals surface area contributed by atoms with Gasteiger partial charge < -0.3 is 25.2 Å². The molecule has 2 N–H and O–H groups in total. The van der Waals surface area contributed by atoms with Gasteiger partial charge in [0.2, 0.25) is 0 Å². The summed E-state index contributed by atoms with van der Waals surface area (Å²) < 4.78 is 46.9. The van der Waals surface area contributed by atoms with E-state index in [2.05, 4.69) is 15.7 Å². The smallest absolute Gasteiger partial charge is 0.435 e. The third-order valence-corrected chi connectivity index (χ3v) is 6.06. The van der Waals surface area contributed by atoms with Gasteiger partial charge in [0.1, 0.15) is 5.60 Å². The molecule has 200 valence electrons. The Morgan fingerprint density at radius 2 is 1.62 bits per heavy atom. The molecule has 0 saturated carbocycles. The number of carbonyl (C=O) groups is 3. The van der Waals surface area contributed by atoms with Crippen LogP contribution < -0.4 is 10.6 Å². The molecular weight excluding hydrogens is 493 g/mol. The molecule has 2 aromatic rings. The molecule has 1 aromatic carbocycles. The van der Waals surface area contributed by atoms with Crippen molar-refractivity contribution in [2.24, 2.45) is 0 Å². The van der Waals surface area contributed by atoms with Crippen molar-refractivity contribution in [3.05, 3.63) is 47.8 Å². The molecular formula is C24H29F3N6O4. The number of amides is 4. The zero-order valence-electron chi connectivity index (χ0n) is 20.7. The van der Waals surface area contributed by atoms with Gasteiger partial charge in [-0.3, -0.25) is 4.79 Å². The van der Waals surface area contributed by atoms with Gasteiger partial charge >= 0.3 is 18.3 Å². The van der Waals surface area contributed by atoms with Crippen molar-refractivity contribution >= 4 is 18.0 Å². The number of benzene rings is 1. The predicted molar refractivity (Wildman–Crippen MR) is 126 cm³/mol. The van der Waals surface area contributed by atoms with Crippen LogP contribution in [0.1, 0.15) is 43.2 Å². The molecule has 10 nitrogen and oxygen atoms in total. The number of carbonyl (C=O) groups excluding carboxylic acids is 3. The third-order valence-electron chi connectivity index (χ3n) is 6.06. The van der Waals surface area contributed by atoms with Crippen molar-refractivity contribution in [2.45, 2.75) is 51.1 Å². The Labute approximate surface area is 211 Å². The molecule has 4 amide bonds. The lowest BCUT2D eigenvalue weighted by Crippen LogP contribution is -2.54. The van der Waals surface area contributed by atoms with E-state index in [1.54, 1.807) is 60.9 Å². The summed E-state index contributed by atoms with van der Waals surface area (Å²) in [6, 6.07) is 7.51. The molecule has 1 aromatic heterocycles. The normalized spacial score (nSPS) is 19.2. The average Bonchev–Trinajstić information content (AvgIpc) is 3.55. The second-order valence-electron chi connectivity index (χ2n) is 9.99. The number of fused-ring (bicyclic) bond motifs is 2. The van der Waals surface area contributed by atoms with E-state index in [4.69, 9.17) is 4.74 Å². The van der Waals surface area contributed by atoms with Crippen molar-refractivity contribution in [3.8, 4) is 5.69 Å².